The van der Waals surface area contributed by atoms with E-state index < -0.39 is 0 Å². The zero-order chi connectivity index (χ0) is 20.4. The first-order chi connectivity index (χ1) is 14.0. The molecule has 29 heavy (non-hydrogen) atoms. The molecule has 1 saturated heterocycles. The molecule has 2 aliphatic rings. The minimum absolute atomic E-state index is 0.0733. The van der Waals surface area contributed by atoms with Crippen LogP contribution in [-0.2, 0) is 6.42 Å². The number of piperidine rings is 1. The molecule has 152 valence electrons. The monoisotopic (exact) mass is 411 g/mol. The number of benzene rings is 2. The summed E-state index contributed by atoms with van der Waals surface area (Å²) >= 11 is 6.68. The van der Waals surface area contributed by atoms with E-state index in [0.29, 0.717) is 5.92 Å². The molecular formula is C24H27ClFN3. The van der Waals surface area contributed by atoms with Crippen molar-refractivity contribution in [1.82, 2.24) is 0 Å². The molecule has 0 bridgehead atoms. The molecule has 0 saturated carbocycles. The molecule has 0 spiro atoms. The Balaban J connectivity index is 1.38. The van der Waals surface area contributed by atoms with Crippen LogP contribution in [-0.4, -0.2) is 25.0 Å². The van der Waals surface area contributed by atoms with Crippen molar-refractivity contribution in [3.05, 3.63) is 71.1 Å². The van der Waals surface area contributed by atoms with Crippen molar-refractivity contribution in [2.45, 2.75) is 39.3 Å². The van der Waals surface area contributed by atoms with Gasteiger partial charge in [-0.05, 0) is 81.0 Å². The predicted octanol–water partition coefficient (Wildman–Crippen LogP) is 6.08. The van der Waals surface area contributed by atoms with E-state index in [9.17, 15) is 4.39 Å². The van der Waals surface area contributed by atoms with Gasteiger partial charge in [0.1, 0.15) is 12.0 Å². The number of hydrogen-bond donors (Lipinski definition) is 0. The first kappa shape index (κ1) is 20.0. The average Bonchev–Trinajstić information content (AvgIpc) is 2.70. The third-order valence-corrected chi connectivity index (χ3v) is 6.19. The SMILES string of the molecule is CC1=NC(C)N(c2ccc(N3CCC(Cc4ccc(F)cc4)CC3)c(Cl)c2)C=C1. The fraction of sp³-hybridized carbons (Fsp3) is 0.375. The van der Waals surface area contributed by atoms with Crippen LogP contribution in [0.3, 0.4) is 0 Å². The summed E-state index contributed by atoms with van der Waals surface area (Å²) in [6.07, 6.45) is 7.42. The molecule has 0 aliphatic carbocycles. The lowest BCUT2D eigenvalue weighted by atomic mass is 9.90. The van der Waals surface area contributed by atoms with Crippen molar-refractivity contribution in [1.29, 1.82) is 0 Å². The Labute approximate surface area is 177 Å². The molecule has 2 heterocycles. The summed E-state index contributed by atoms with van der Waals surface area (Å²) in [7, 11) is 0. The van der Waals surface area contributed by atoms with E-state index in [0.717, 1.165) is 54.5 Å². The molecule has 1 unspecified atom stereocenters. The average molecular weight is 412 g/mol. The molecular weight excluding hydrogens is 385 g/mol. The van der Waals surface area contributed by atoms with Gasteiger partial charge in [-0.25, -0.2) is 4.39 Å². The predicted molar refractivity (Wildman–Crippen MR) is 121 cm³/mol. The molecule has 5 heteroatoms. The highest BCUT2D eigenvalue weighted by molar-refractivity contribution is 6.33. The summed E-state index contributed by atoms with van der Waals surface area (Å²) in [6, 6.07) is 13.2. The lowest BCUT2D eigenvalue weighted by molar-refractivity contribution is 0.403. The van der Waals surface area contributed by atoms with Gasteiger partial charge in [-0.15, -0.1) is 0 Å². The van der Waals surface area contributed by atoms with Crippen molar-refractivity contribution in [3.63, 3.8) is 0 Å². The third kappa shape index (κ3) is 4.64. The summed E-state index contributed by atoms with van der Waals surface area (Å²) in [6.45, 7) is 6.09. The summed E-state index contributed by atoms with van der Waals surface area (Å²) in [4.78, 5) is 9.13. The summed E-state index contributed by atoms with van der Waals surface area (Å²) in [5, 5.41) is 0.784. The van der Waals surface area contributed by atoms with Gasteiger partial charge in [0.25, 0.3) is 0 Å². The molecule has 1 atom stereocenters. The molecule has 1 fully saturated rings. The molecule has 4 rings (SSSR count). The van der Waals surface area contributed by atoms with Crippen LogP contribution in [0.2, 0.25) is 5.02 Å². The Kier molecular flexibility index (Phi) is 5.91. The number of halogens is 2. The van der Waals surface area contributed by atoms with Crippen molar-refractivity contribution < 1.29 is 4.39 Å². The van der Waals surface area contributed by atoms with Crippen LogP contribution >= 0.6 is 11.6 Å². The van der Waals surface area contributed by atoms with Crippen LogP contribution in [0.5, 0.6) is 0 Å². The molecule has 0 aromatic heterocycles. The largest absolute Gasteiger partial charge is 0.370 e. The number of anilines is 2. The Bertz CT molecular complexity index is 914. The van der Waals surface area contributed by atoms with Gasteiger partial charge in [-0.3, -0.25) is 4.99 Å². The van der Waals surface area contributed by atoms with Crippen LogP contribution in [0.4, 0.5) is 15.8 Å². The highest BCUT2D eigenvalue weighted by atomic mass is 35.5. The summed E-state index contributed by atoms with van der Waals surface area (Å²) in [5.74, 6) is 0.466. The van der Waals surface area contributed by atoms with E-state index >= 15 is 0 Å². The smallest absolute Gasteiger partial charge is 0.123 e. The quantitative estimate of drug-likeness (QED) is 0.607. The Morgan fingerprint density at radius 1 is 1.10 bits per heavy atom. The second kappa shape index (κ2) is 8.58. The highest BCUT2D eigenvalue weighted by Crippen LogP contribution is 2.34. The van der Waals surface area contributed by atoms with E-state index in [1.165, 1.54) is 5.56 Å². The number of rotatable bonds is 4. The van der Waals surface area contributed by atoms with E-state index in [1.807, 2.05) is 31.2 Å². The van der Waals surface area contributed by atoms with Crippen LogP contribution in [0, 0.1) is 11.7 Å². The topological polar surface area (TPSA) is 18.8 Å². The standard InChI is InChI=1S/C24H27ClFN3/c1-17-9-14-29(18(2)27-17)22-7-8-24(23(25)16-22)28-12-10-20(11-13-28)15-19-3-5-21(26)6-4-19/h3-9,14,16,18,20H,10-13,15H2,1-2H3. The number of aliphatic imine (C=N–C) groups is 1. The Morgan fingerprint density at radius 2 is 1.83 bits per heavy atom. The van der Waals surface area contributed by atoms with E-state index in [2.05, 4.69) is 40.0 Å². The Morgan fingerprint density at radius 3 is 2.48 bits per heavy atom. The second-order valence-electron chi connectivity index (χ2n) is 8.02. The number of allylic oxidation sites excluding steroid dienone is 1. The van der Waals surface area contributed by atoms with Gasteiger partial charge in [0.15, 0.2) is 0 Å². The van der Waals surface area contributed by atoms with Gasteiger partial charge >= 0.3 is 0 Å². The minimum Gasteiger partial charge on any atom is -0.370 e. The number of hydrogen-bond acceptors (Lipinski definition) is 3. The lowest BCUT2D eigenvalue weighted by Gasteiger charge is -2.35. The fourth-order valence-corrected chi connectivity index (χ4v) is 4.55. The van der Waals surface area contributed by atoms with Gasteiger partial charge < -0.3 is 9.80 Å². The van der Waals surface area contributed by atoms with Gasteiger partial charge in [-0.2, -0.15) is 0 Å². The van der Waals surface area contributed by atoms with E-state index in [4.69, 9.17) is 11.6 Å². The van der Waals surface area contributed by atoms with Gasteiger partial charge in [-0.1, -0.05) is 23.7 Å². The molecule has 0 radical (unpaired) electrons. The van der Waals surface area contributed by atoms with Crippen molar-refractivity contribution in [2.75, 3.05) is 22.9 Å². The highest BCUT2D eigenvalue weighted by Gasteiger charge is 2.22. The maximum Gasteiger partial charge on any atom is 0.123 e. The summed E-state index contributed by atoms with van der Waals surface area (Å²) < 4.78 is 13.1. The van der Waals surface area contributed by atoms with Crippen LogP contribution in [0.25, 0.3) is 0 Å². The molecule has 2 aromatic rings. The summed E-state index contributed by atoms with van der Waals surface area (Å²) in [5.41, 5.74) is 4.42. The second-order valence-corrected chi connectivity index (χ2v) is 8.43. The van der Waals surface area contributed by atoms with Crippen LogP contribution in [0.15, 0.2) is 59.7 Å². The number of nitrogens with zero attached hydrogens (tertiary/aromatic N) is 3. The molecule has 2 aromatic carbocycles. The van der Waals surface area contributed by atoms with Gasteiger partial charge in [0.2, 0.25) is 0 Å². The van der Waals surface area contributed by atoms with E-state index in [1.54, 1.807) is 12.1 Å². The maximum absolute atomic E-state index is 13.1. The lowest BCUT2D eigenvalue weighted by Crippen LogP contribution is -2.34. The zero-order valence-corrected chi connectivity index (χ0v) is 17.7. The van der Waals surface area contributed by atoms with Crippen molar-refractivity contribution in [2.24, 2.45) is 10.9 Å². The first-order valence-electron chi connectivity index (χ1n) is 10.3. The van der Waals surface area contributed by atoms with E-state index in [-0.39, 0.29) is 12.0 Å². The van der Waals surface area contributed by atoms with Crippen LogP contribution < -0.4 is 9.80 Å². The van der Waals surface area contributed by atoms with Gasteiger partial charge in [0, 0.05) is 30.7 Å². The van der Waals surface area contributed by atoms with Gasteiger partial charge in [0.05, 0.1) is 10.7 Å². The molecule has 2 aliphatic heterocycles. The third-order valence-electron chi connectivity index (χ3n) is 5.89. The molecule has 3 nitrogen and oxygen atoms in total. The van der Waals surface area contributed by atoms with Crippen molar-refractivity contribution >= 4 is 28.7 Å². The molecule has 0 N–H and O–H groups in total. The van der Waals surface area contributed by atoms with Crippen LogP contribution in [0.1, 0.15) is 32.3 Å². The fourth-order valence-electron chi connectivity index (χ4n) is 4.26. The zero-order valence-electron chi connectivity index (χ0n) is 17.0. The minimum atomic E-state index is -0.168. The first-order valence-corrected chi connectivity index (χ1v) is 10.7. The van der Waals surface area contributed by atoms with Crippen molar-refractivity contribution in [3.8, 4) is 0 Å². The Hall–Kier alpha value is -2.33. The maximum atomic E-state index is 13.1. The molecule has 0 amide bonds. The normalized spacial score (nSPS) is 20.1.